The molecule has 0 aliphatic heterocycles. The van der Waals surface area contributed by atoms with Crippen molar-refractivity contribution in [2.45, 2.75) is 13.8 Å². The Balaban J connectivity index is 1.63. The van der Waals surface area contributed by atoms with Crippen LogP contribution in [0.5, 0.6) is 0 Å². The molecule has 4 aromatic rings. The van der Waals surface area contributed by atoms with Crippen LogP contribution in [0.1, 0.15) is 21.9 Å². The van der Waals surface area contributed by atoms with E-state index in [0.29, 0.717) is 27.8 Å². The van der Waals surface area contributed by atoms with Gasteiger partial charge in [-0.15, -0.1) is 5.10 Å². The van der Waals surface area contributed by atoms with Crippen molar-refractivity contribution in [2.24, 2.45) is 0 Å². The van der Waals surface area contributed by atoms with E-state index >= 15 is 0 Å². The summed E-state index contributed by atoms with van der Waals surface area (Å²) in [7, 11) is 0. The maximum absolute atomic E-state index is 14.3. The zero-order chi connectivity index (χ0) is 20.5. The molecule has 2 heterocycles. The molecule has 146 valence electrons. The van der Waals surface area contributed by atoms with Crippen molar-refractivity contribution in [1.29, 1.82) is 0 Å². The number of benzene rings is 2. The van der Waals surface area contributed by atoms with Gasteiger partial charge in [-0.2, -0.15) is 9.78 Å². The van der Waals surface area contributed by atoms with E-state index in [-0.39, 0.29) is 5.69 Å². The van der Waals surface area contributed by atoms with Gasteiger partial charge in [0.1, 0.15) is 5.82 Å². The summed E-state index contributed by atoms with van der Waals surface area (Å²) in [4.78, 5) is 12.8. The largest absolute Gasteiger partial charge is 0.319 e. The fourth-order valence-electron chi connectivity index (χ4n) is 2.90. The van der Waals surface area contributed by atoms with E-state index in [1.165, 1.54) is 29.1 Å². The van der Waals surface area contributed by atoms with Crippen LogP contribution in [0.4, 0.5) is 10.1 Å². The van der Waals surface area contributed by atoms with Crippen LogP contribution in [-0.4, -0.2) is 35.9 Å². The summed E-state index contributed by atoms with van der Waals surface area (Å²) < 4.78 is 17.3. The second-order valence-electron chi connectivity index (χ2n) is 6.29. The monoisotopic (exact) mass is 411 g/mol. The summed E-state index contributed by atoms with van der Waals surface area (Å²) in [5.41, 5.74) is 2.16. The van der Waals surface area contributed by atoms with Gasteiger partial charge in [0.25, 0.3) is 5.91 Å². The van der Waals surface area contributed by atoms with Gasteiger partial charge < -0.3 is 5.32 Å². The predicted molar refractivity (Wildman–Crippen MR) is 105 cm³/mol. The van der Waals surface area contributed by atoms with Gasteiger partial charge in [0.05, 0.1) is 34.5 Å². The van der Waals surface area contributed by atoms with Crippen LogP contribution in [0.3, 0.4) is 0 Å². The minimum atomic E-state index is -0.576. The van der Waals surface area contributed by atoms with Crippen LogP contribution in [0.2, 0.25) is 5.02 Å². The molecule has 2 aromatic carbocycles. The van der Waals surface area contributed by atoms with Crippen molar-refractivity contribution in [3.8, 4) is 11.4 Å². The Hall–Kier alpha value is -3.59. The molecule has 0 saturated carbocycles. The topological polar surface area (TPSA) is 90.5 Å². The number of tetrazole rings is 1. The lowest BCUT2D eigenvalue weighted by Crippen LogP contribution is -2.14. The second-order valence-corrected chi connectivity index (χ2v) is 6.73. The number of hydrogen-bond acceptors (Lipinski definition) is 5. The Kier molecular flexibility index (Phi) is 4.81. The molecule has 0 fully saturated rings. The molecule has 2 aromatic heterocycles. The summed E-state index contributed by atoms with van der Waals surface area (Å²) in [5, 5.41) is 18.6. The van der Waals surface area contributed by atoms with Gasteiger partial charge in [-0.05, 0) is 60.7 Å². The summed E-state index contributed by atoms with van der Waals surface area (Å²) in [6.45, 7) is 3.47. The normalized spacial score (nSPS) is 10.9. The molecule has 0 unspecified atom stereocenters. The van der Waals surface area contributed by atoms with Crippen molar-refractivity contribution in [3.63, 3.8) is 0 Å². The van der Waals surface area contributed by atoms with E-state index in [2.05, 4.69) is 25.9 Å². The molecule has 1 N–H and O–H groups in total. The van der Waals surface area contributed by atoms with Crippen molar-refractivity contribution in [3.05, 3.63) is 76.6 Å². The lowest BCUT2D eigenvalue weighted by Gasteiger charge is -2.09. The highest BCUT2D eigenvalue weighted by atomic mass is 35.5. The fourth-order valence-corrected chi connectivity index (χ4v) is 3.09. The summed E-state index contributed by atoms with van der Waals surface area (Å²) in [6, 6.07) is 11.3. The SMILES string of the molecule is Cc1nnnn1-c1ccc(F)c(NC(=O)c2cnn(-c3cccc(Cl)c3)c2C)c1. The summed E-state index contributed by atoms with van der Waals surface area (Å²) >= 11 is 6.03. The molecular weight excluding hydrogens is 397 g/mol. The highest BCUT2D eigenvalue weighted by Gasteiger charge is 2.18. The number of nitrogens with zero attached hydrogens (tertiary/aromatic N) is 6. The fraction of sp³-hybridized carbons (Fsp3) is 0.105. The molecule has 0 bridgehead atoms. The maximum Gasteiger partial charge on any atom is 0.259 e. The number of aryl methyl sites for hydroxylation is 1. The van der Waals surface area contributed by atoms with Crippen molar-refractivity contribution < 1.29 is 9.18 Å². The molecule has 0 aliphatic rings. The highest BCUT2D eigenvalue weighted by molar-refractivity contribution is 6.30. The average Bonchev–Trinajstić information content (AvgIpc) is 3.29. The van der Waals surface area contributed by atoms with Gasteiger partial charge >= 0.3 is 0 Å². The number of carbonyl (C=O) groups is 1. The summed E-state index contributed by atoms with van der Waals surface area (Å²) in [6.07, 6.45) is 1.43. The highest BCUT2D eigenvalue weighted by Crippen LogP contribution is 2.22. The minimum Gasteiger partial charge on any atom is -0.319 e. The third-order valence-corrected chi connectivity index (χ3v) is 4.61. The number of amides is 1. The van der Waals surface area contributed by atoms with Gasteiger partial charge in [0.15, 0.2) is 5.82 Å². The van der Waals surface area contributed by atoms with Crippen LogP contribution in [0.25, 0.3) is 11.4 Å². The van der Waals surface area contributed by atoms with Crippen molar-refractivity contribution in [2.75, 3.05) is 5.32 Å². The van der Waals surface area contributed by atoms with E-state index in [4.69, 9.17) is 11.6 Å². The number of nitrogens with one attached hydrogen (secondary N) is 1. The smallest absolute Gasteiger partial charge is 0.259 e. The quantitative estimate of drug-likeness (QED) is 0.555. The number of hydrogen-bond donors (Lipinski definition) is 1. The standard InChI is InChI=1S/C19H15ClFN7O/c1-11-16(10-22-27(11)14-5-3-4-13(20)8-14)19(29)23-18-9-15(6-7-17(18)21)28-12(2)24-25-26-28/h3-10H,1-2H3,(H,23,29). The van der Waals surface area contributed by atoms with Crippen molar-refractivity contribution >= 4 is 23.2 Å². The third kappa shape index (κ3) is 3.59. The Morgan fingerprint density at radius 1 is 1.10 bits per heavy atom. The predicted octanol–water partition coefficient (Wildman–Crippen LogP) is 3.51. The Morgan fingerprint density at radius 3 is 2.62 bits per heavy atom. The average molecular weight is 412 g/mol. The molecule has 4 rings (SSSR count). The first-order valence-corrected chi connectivity index (χ1v) is 8.98. The Morgan fingerprint density at radius 2 is 1.90 bits per heavy atom. The van der Waals surface area contributed by atoms with Gasteiger partial charge in [-0.25, -0.2) is 9.07 Å². The van der Waals surface area contributed by atoms with Crippen molar-refractivity contribution in [1.82, 2.24) is 30.0 Å². The number of carbonyl (C=O) groups excluding carboxylic acids is 1. The lowest BCUT2D eigenvalue weighted by atomic mass is 10.2. The van der Waals surface area contributed by atoms with Crippen LogP contribution in [0.15, 0.2) is 48.7 Å². The van der Waals surface area contributed by atoms with E-state index < -0.39 is 11.7 Å². The zero-order valence-corrected chi connectivity index (χ0v) is 16.2. The first-order chi connectivity index (χ1) is 13.9. The van der Waals surface area contributed by atoms with Crippen LogP contribution < -0.4 is 5.32 Å². The Bertz CT molecular complexity index is 1220. The molecule has 0 aliphatic carbocycles. The number of anilines is 1. The molecular formula is C19H15ClFN7O. The van der Waals surface area contributed by atoms with Crippen LogP contribution >= 0.6 is 11.6 Å². The number of halogens is 2. The molecule has 0 spiro atoms. The van der Waals surface area contributed by atoms with E-state index in [9.17, 15) is 9.18 Å². The first kappa shape index (κ1) is 18.8. The maximum atomic E-state index is 14.3. The van der Waals surface area contributed by atoms with Gasteiger partial charge in [-0.1, -0.05) is 17.7 Å². The van der Waals surface area contributed by atoms with E-state index in [1.807, 2.05) is 6.07 Å². The minimum absolute atomic E-state index is 0.0114. The molecule has 0 saturated heterocycles. The third-order valence-electron chi connectivity index (χ3n) is 4.38. The van der Waals surface area contributed by atoms with E-state index in [1.54, 1.807) is 36.7 Å². The molecule has 8 nitrogen and oxygen atoms in total. The van der Waals surface area contributed by atoms with Gasteiger partial charge in [-0.3, -0.25) is 4.79 Å². The number of aromatic nitrogens is 6. The summed E-state index contributed by atoms with van der Waals surface area (Å²) in [5.74, 6) is -0.527. The zero-order valence-electron chi connectivity index (χ0n) is 15.5. The van der Waals surface area contributed by atoms with Gasteiger partial charge in [0.2, 0.25) is 0 Å². The van der Waals surface area contributed by atoms with Crippen LogP contribution in [0, 0.1) is 19.7 Å². The molecule has 10 heteroatoms. The van der Waals surface area contributed by atoms with Gasteiger partial charge in [0, 0.05) is 5.02 Å². The number of rotatable bonds is 4. The lowest BCUT2D eigenvalue weighted by molar-refractivity contribution is 0.102. The Labute approximate surface area is 169 Å². The molecule has 1 amide bonds. The second kappa shape index (κ2) is 7.44. The molecule has 0 radical (unpaired) electrons. The molecule has 29 heavy (non-hydrogen) atoms. The van der Waals surface area contributed by atoms with Crippen LogP contribution in [-0.2, 0) is 0 Å². The molecule has 0 atom stereocenters. The van der Waals surface area contributed by atoms with E-state index in [0.717, 1.165) is 5.69 Å². The first-order valence-electron chi connectivity index (χ1n) is 8.61.